The number of nitrogens with zero attached hydrogens (tertiary/aromatic N) is 1. The highest BCUT2D eigenvalue weighted by atomic mass is 16.5. The predicted octanol–water partition coefficient (Wildman–Crippen LogP) is 1.90. The summed E-state index contributed by atoms with van der Waals surface area (Å²) in [5, 5.41) is 9.14. The molecule has 17 heavy (non-hydrogen) atoms. The summed E-state index contributed by atoms with van der Waals surface area (Å²) in [6.45, 7) is 6.02. The number of hydrogen-bond donors (Lipinski definition) is 1. The molecule has 0 amide bonds. The van der Waals surface area contributed by atoms with Crippen LogP contribution < -0.4 is 4.74 Å². The summed E-state index contributed by atoms with van der Waals surface area (Å²) in [6, 6.07) is 8.21. The van der Waals surface area contributed by atoms with Crippen LogP contribution in [0.5, 0.6) is 5.75 Å². The Hall–Kier alpha value is -1.06. The van der Waals surface area contributed by atoms with Crippen LogP contribution >= 0.6 is 0 Å². The SMILES string of the molecule is CCOc1ccccc1CN1CCC(CO)C1. The fraction of sp³-hybridized carbons (Fsp3) is 0.571. The Morgan fingerprint density at radius 2 is 2.24 bits per heavy atom. The third kappa shape index (κ3) is 3.20. The standard InChI is InChI=1S/C14H21NO2/c1-2-17-14-6-4-3-5-13(14)10-15-8-7-12(9-15)11-16/h3-6,12,16H,2,7-11H2,1H3. The van der Waals surface area contributed by atoms with E-state index in [2.05, 4.69) is 17.0 Å². The van der Waals surface area contributed by atoms with Crippen LogP contribution in [0.25, 0.3) is 0 Å². The minimum absolute atomic E-state index is 0.309. The van der Waals surface area contributed by atoms with Crippen LogP contribution in [0.2, 0.25) is 0 Å². The van der Waals surface area contributed by atoms with Crippen LogP contribution in [0.3, 0.4) is 0 Å². The first kappa shape index (κ1) is 12.4. The van der Waals surface area contributed by atoms with Crippen molar-refractivity contribution in [3.8, 4) is 5.75 Å². The average Bonchev–Trinajstić information content (AvgIpc) is 2.80. The van der Waals surface area contributed by atoms with E-state index in [1.165, 1.54) is 5.56 Å². The maximum Gasteiger partial charge on any atom is 0.123 e. The number of ether oxygens (including phenoxy) is 1. The molecule has 0 aromatic heterocycles. The molecule has 1 aromatic carbocycles. The molecule has 1 N–H and O–H groups in total. The molecule has 0 spiro atoms. The molecule has 1 unspecified atom stereocenters. The molecule has 94 valence electrons. The molecule has 0 bridgehead atoms. The highest BCUT2D eigenvalue weighted by molar-refractivity contribution is 5.33. The zero-order valence-electron chi connectivity index (χ0n) is 10.4. The highest BCUT2D eigenvalue weighted by Gasteiger charge is 2.22. The molecular formula is C14H21NO2. The molecule has 1 saturated heterocycles. The van der Waals surface area contributed by atoms with Crippen molar-refractivity contribution in [1.82, 2.24) is 4.90 Å². The Morgan fingerprint density at radius 1 is 1.41 bits per heavy atom. The molecule has 1 aliphatic rings. The van der Waals surface area contributed by atoms with E-state index in [0.29, 0.717) is 19.1 Å². The maximum absolute atomic E-state index is 9.14. The summed E-state index contributed by atoms with van der Waals surface area (Å²) in [4.78, 5) is 2.39. The average molecular weight is 235 g/mol. The zero-order chi connectivity index (χ0) is 12.1. The first-order valence-corrected chi connectivity index (χ1v) is 6.37. The van der Waals surface area contributed by atoms with Crippen molar-refractivity contribution in [2.24, 2.45) is 5.92 Å². The van der Waals surface area contributed by atoms with Crippen molar-refractivity contribution in [2.75, 3.05) is 26.3 Å². The molecule has 2 rings (SSSR count). The van der Waals surface area contributed by atoms with Crippen LogP contribution in [0.4, 0.5) is 0 Å². The number of rotatable bonds is 5. The van der Waals surface area contributed by atoms with E-state index in [9.17, 15) is 0 Å². The van der Waals surface area contributed by atoms with Crippen LogP contribution in [0.1, 0.15) is 18.9 Å². The number of para-hydroxylation sites is 1. The third-order valence-corrected chi connectivity index (χ3v) is 3.29. The lowest BCUT2D eigenvalue weighted by molar-refractivity contribution is 0.219. The van der Waals surface area contributed by atoms with Gasteiger partial charge in [0, 0.05) is 25.3 Å². The number of hydrogen-bond acceptors (Lipinski definition) is 3. The highest BCUT2D eigenvalue weighted by Crippen LogP contribution is 2.23. The molecule has 1 aliphatic heterocycles. The van der Waals surface area contributed by atoms with E-state index in [1.54, 1.807) is 0 Å². The summed E-state index contributed by atoms with van der Waals surface area (Å²) in [5.74, 6) is 1.44. The largest absolute Gasteiger partial charge is 0.494 e. The van der Waals surface area contributed by atoms with E-state index in [-0.39, 0.29) is 0 Å². The van der Waals surface area contributed by atoms with E-state index < -0.39 is 0 Å². The van der Waals surface area contributed by atoms with Gasteiger partial charge in [-0.1, -0.05) is 18.2 Å². The second-order valence-corrected chi connectivity index (χ2v) is 4.61. The second kappa shape index (κ2) is 6.03. The number of aliphatic hydroxyl groups is 1. The fourth-order valence-corrected chi connectivity index (χ4v) is 2.38. The topological polar surface area (TPSA) is 32.7 Å². The Labute approximate surface area is 103 Å². The molecule has 1 fully saturated rings. The Kier molecular flexibility index (Phi) is 4.40. The molecular weight excluding hydrogens is 214 g/mol. The number of likely N-dealkylation sites (tertiary alicyclic amines) is 1. The summed E-state index contributed by atoms with van der Waals surface area (Å²) < 4.78 is 5.62. The third-order valence-electron chi connectivity index (χ3n) is 3.29. The summed E-state index contributed by atoms with van der Waals surface area (Å²) >= 11 is 0. The molecule has 0 radical (unpaired) electrons. The first-order valence-electron chi connectivity index (χ1n) is 6.37. The van der Waals surface area contributed by atoms with Gasteiger partial charge in [0.15, 0.2) is 0 Å². The number of benzene rings is 1. The van der Waals surface area contributed by atoms with Gasteiger partial charge in [0.25, 0.3) is 0 Å². The van der Waals surface area contributed by atoms with Crippen LogP contribution in [0.15, 0.2) is 24.3 Å². The minimum atomic E-state index is 0.309. The quantitative estimate of drug-likeness (QED) is 0.846. The van der Waals surface area contributed by atoms with Gasteiger partial charge >= 0.3 is 0 Å². The van der Waals surface area contributed by atoms with E-state index in [1.807, 2.05) is 19.1 Å². The van der Waals surface area contributed by atoms with Crippen molar-refractivity contribution < 1.29 is 9.84 Å². The molecule has 0 saturated carbocycles. The molecule has 0 aliphatic carbocycles. The molecule has 3 nitrogen and oxygen atoms in total. The van der Waals surface area contributed by atoms with Crippen molar-refractivity contribution in [2.45, 2.75) is 19.9 Å². The van der Waals surface area contributed by atoms with Crippen molar-refractivity contribution in [3.05, 3.63) is 29.8 Å². The predicted molar refractivity (Wildman–Crippen MR) is 68.1 cm³/mol. The molecule has 1 aromatic rings. The lowest BCUT2D eigenvalue weighted by atomic mass is 10.1. The second-order valence-electron chi connectivity index (χ2n) is 4.61. The molecule has 3 heteroatoms. The van der Waals surface area contributed by atoms with E-state index >= 15 is 0 Å². The van der Waals surface area contributed by atoms with Gasteiger partial charge < -0.3 is 9.84 Å². The number of aliphatic hydroxyl groups excluding tert-OH is 1. The first-order chi connectivity index (χ1) is 8.33. The van der Waals surface area contributed by atoms with Gasteiger partial charge in [0.2, 0.25) is 0 Å². The van der Waals surface area contributed by atoms with Gasteiger partial charge in [-0.2, -0.15) is 0 Å². The van der Waals surface area contributed by atoms with Gasteiger partial charge in [0.05, 0.1) is 6.61 Å². The Balaban J connectivity index is 1.98. The lowest BCUT2D eigenvalue weighted by Gasteiger charge is -2.18. The van der Waals surface area contributed by atoms with Crippen LogP contribution in [-0.2, 0) is 6.54 Å². The summed E-state index contributed by atoms with van der Waals surface area (Å²) in [7, 11) is 0. The van der Waals surface area contributed by atoms with Crippen molar-refractivity contribution in [1.29, 1.82) is 0 Å². The minimum Gasteiger partial charge on any atom is -0.494 e. The molecule has 1 heterocycles. The fourth-order valence-electron chi connectivity index (χ4n) is 2.38. The molecule has 1 atom stereocenters. The van der Waals surface area contributed by atoms with E-state index in [4.69, 9.17) is 9.84 Å². The van der Waals surface area contributed by atoms with Crippen molar-refractivity contribution >= 4 is 0 Å². The van der Waals surface area contributed by atoms with Gasteiger partial charge in [-0.25, -0.2) is 0 Å². The normalized spacial score (nSPS) is 20.7. The van der Waals surface area contributed by atoms with Crippen molar-refractivity contribution in [3.63, 3.8) is 0 Å². The summed E-state index contributed by atoms with van der Waals surface area (Å²) in [6.07, 6.45) is 1.10. The van der Waals surface area contributed by atoms with Gasteiger partial charge in [-0.05, 0) is 31.9 Å². The Bertz CT molecular complexity index is 354. The summed E-state index contributed by atoms with van der Waals surface area (Å²) in [5.41, 5.74) is 1.24. The van der Waals surface area contributed by atoms with Gasteiger partial charge in [-0.15, -0.1) is 0 Å². The Morgan fingerprint density at radius 3 is 2.94 bits per heavy atom. The lowest BCUT2D eigenvalue weighted by Crippen LogP contribution is -2.21. The van der Waals surface area contributed by atoms with Crippen LogP contribution in [-0.4, -0.2) is 36.3 Å². The monoisotopic (exact) mass is 235 g/mol. The van der Waals surface area contributed by atoms with Gasteiger partial charge in [-0.3, -0.25) is 4.90 Å². The maximum atomic E-state index is 9.14. The van der Waals surface area contributed by atoms with Crippen LogP contribution in [0, 0.1) is 5.92 Å². The van der Waals surface area contributed by atoms with Gasteiger partial charge in [0.1, 0.15) is 5.75 Å². The van der Waals surface area contributed by atoms with E-state index in [0.717, 1.165) is 31.8 Å². The smallest absolute Gasteiger partial charge is 0.123 e. The zero-order valence-corrected chi connectivity index (χ0v) is 10.4.